The second kappa shape index (κ2) is 7.45. The van der Waals surface area contributed by atoms with Crippen LogP contribution in [0, 0.1) is 6.92 Å². The standard InChI is InChI=1S/C21H19NO5/c1-12-17-6-4-5-7-18(17)27-20(12)21(25)26-13(2)19(24)15-8-10-16(11-9-15)22-14(3)23/h4-11,13H,1-3H3,(H,22,23)/t13-/m0/s1. The van der Waals surface area contributed by atoms with Gasteiger partial charge in [-0.3, -0.25) is 9.59 Å². The highest BCUT2D eigenvalue weighted by Crippen LogP contribution is 2.26. The van der Waals surface area contributed by atoms with Crippen molar-refractivity contribution in [2.45, 2.75) is 26.9 Å². The molecule has 3 aromatic rings. The molecule has 0 aliphatic carbocycles. The molecule has 0 aliphatic heterocycles. The summed E-state index contributed by atoms with van der Waals surface area (Å²) in [5.74, 6) is -1.12. The summed E-state index contributed by atoms with van der Waals surface area (Å²) in [5.41, 5.74) is 2.23. The number of aryl methyl sites for hydroxylation is 1. The monoisotopic (exact) mass is 365 g/mol. The van der Waals surface area contributed by atoms with E-state index in [9.17, 15) is 14.4 Å². The number of anilines is 1. The van der Waals surface area contributed by atoms with Crippen LogP contribution in [-0.2, 0) is 9.53 Å². The van der Waals surface area contributed by atoms with Gasteiger partial charge in [0.05, 0.1) is 0 Å². The highest BCUT2D eigenvalue weighted by molar-refractivity contribution is 6.02. The lowest BCUT2D eigenvalue weighted by molar-refractivity contribution is -0.114. The fraction of sp³-hybridized carbons (Fsp3) is 0.190. The minimum Gasteiger partial charge on any atom is -0.449 e. The van der Waals surface area contributed by atoms with Crippen molar-refractivity contribution in [1.82, 2.24) is 0 Å². The third-order valence-electron chi connectivity index (χ3n) is 4.17. The van der Waals surface area contributed by atoms with E-state index in [0.717, 1.165) is 5.39 Å². The third kappa shape index (κ3) is 3.89. The third-order valence-corrected chi connectivity index (χ3v) is 4.17. The molecule has 6 nitrogen and oxygen atoms in total. The number of hydrogen-bond donors (Lipinski definition) is 1. The molecule has 0 spiro atoms. The topological polar surface area (TPSA) is 85.6 Å². The van der Waals surface area contributed by atoms with Crippen molar-refractivity contribution < 1.29 is 23.5 Å². The molecule has 1 N–H and O–H groups in total. The normalized spacial score (nSPS) is 11.8. The Kier molecular flexibility index (Phi) is 5.07. The van der Waals surface area contributed by atoms with Gasteiger partial charge in [0.2, 0.25) is 17.5 Å². The number of amides is 1. The van der Waals surface area contributed by atoms with Crippen LogP contribution in [0.4, 0.5) is 5.69 Å². The quantitative estimate of drug-likeness (QED) is 0.543. The van der Waals surface area contributed by atoms with E-state index in [1.165, 1.54) is 13.8 Å². The Hall–Kier alpha value is -3.41. The molecule has 0 radical (unpaired) electrons. The fourth-order valence-corrected chi connectivity index (χ4v) is 2.79. The molecule has 0 saturated heterocycles. The minimum atomic E-state index is -0.975. The smallest absolute Gasteiger partial charge is 0.375 e. The van der Waals surface area contributed by atoms with Crippen LogP contribution in [-0.4, -0.2) is 23.8 Å². The van der Waals surface area contributed by atoms with Crippen molar-refractivity contribution in [3.8, 4) is 0 Å². The number of carbonyl (C=O) groups is 3. The number of carbonyl (C=O) groups excluding carboxylic acids is 3. The summed E-state index contributed by atoms with van der Waals surface area (Å²) < 4.78 is 10.9. The number of para-hydroxylation sites is 1. The number of benzene rings is 2. The Labute approximate surface area is 156 Å². The van der Waals surface area contributed by atoms with E-state index < -0.39 is 12.1 Å². The highest BCUT2D eigenvalue weighted by atomic mass is 16.6. The number of ketones is 1. The van der Waals surface area contributed by atoms with Gasteiger partial charge in [-0.15, -0.1) is 0 Å². The molecule has 1 amide bonds. The molecule has 0 aliphatic rings. The zero-order valence-corrected chi connectivity index (χ0v) is 15.2. The molecule has 6 heteroatoms. The zero-order valence-electron chi connectivity index (χ0n) is 15.2. The van der Waals surface area contributed by atoms with E-state index in [1.54, 1.807) is 37.3 Å². The molecule has 138 valence electrons. The number of fused-ring (bicyclic) bond motifs is 1. The summed E-state index contributed by atoms with van der Waals surface area (Å²) in [6.07, 6.45) is -0.975. The lowest BCUT2D eigenvalue weighted by atomic mass is 10.1. The minimum absolute atomic E-state index is 0.0943. The van der Waals surface area contributed by atoms with Gasteiger partial charge in [0.1, 0.15) is 5.58 Å². The second-order valence-electron chi connectivity index (χ2n) is 6.22. The van der Waals surface area contributed by atoms with E-state index >= 15 is 0 Å². The van der Waals surface area contributed by atoms with E-state index in [-0.39, 0.29) is 17.5 Å². The van der Waals surface area contributed by atoms with Gasteiger partial charge >= 0.3 is 5.97 Å². The van der Waals surface area contributed by atoms with Gasteiger partial charge in [-0.2, -0.15) is 0 Å². The first-order chi connectivity index (χ1) is 12.9. The van der Waals surface area contributed by atoms with Crippen LogP contribution >= 0.6 is 0 Å². The Bertz CT molecular complexity index is 1020. The predicted molar refractivity (Wildman–Crippen MR) is 101 cm³/mol. The van der Waals surface area contributed by atoms with Gasteiger partial charge in [-0.25, -0.2) is 4.79 Å². The summed E-state index contributed by atoms with van der Waals surface area (Å²) in [5, 5.41) is 3.46. The van der Waals surface area contributed by atoms with Gasteiger partial charge in [0, 0.05) is 29.1 Å². The number of rotatable bonds is 5. The molecule has 1 aromatic heterocycles. The van der Waals surface area contributed by atoms with Crippen LogP contribution in [0.25, 0.3) is 11.0 Å². The van der Waals surface area contributed by atoms with Gasteiger partial charge in [-0.1, -0.05) is 18.2 Å². The van der Waals surface area contributed by atoms with Gasteiger partial charge in [0.25, 0.3) is 0 Å². The Balaban J connectivity index is 1.72. The van der Waals surface area contributed by atoms with Gasteiger partial charge in [0.15, 0.2) is 6.10 Å². The number of esters is 1. The molecule has 1 heterocycles. The van der Waals surface area contributed by atoms with Crippen LogP contribution in [0.5, 0.6) is 0 Å². The van der Waals surface area contributed by atoms with Crippen LogP contribution in [0.1, 0.15) is 40.3 Å². The Morgan fingerprint density at radius 2 is 1.70 bits per heavy atom. The van der Waals surface area contributed by atoms with E-state index in [4.69, 9.17) is 9.15 Å². The fourth-order valence-electron chi connectivity index (χ4n) is 2.79. The maximum absolute atomic E-state index is 12.5. The average Bonchev–Trinajstić information content (AvgIpc) is 2.98. The maximum atomic E-state index is 12.5. The molecule has 0 saturated carbocycles. The summed E-state index contributed by atoms with van der Waals surface area (Å²) in [7, 11) is 0. The first-order valence-corrected chi connectivity index (χ1v) is 8.48. The van der Waals surface area contributed by atoms with E-state index in [0.29, 0.717) is 22.4 Å². The molecule has 0 unspecified atom stereocenters. The molecule has 27 heavy (non-hydrogen) atoms. The Morgan fingerprint density at radius 3 is 2.33 bits per heavy atom. The highest BCUT2D eigenvalue weighted by Gasteiger charge is 2.24. The maximum Gasteiger partial charge on any atom is 0.375 e. The molecule has 3 rings (SSSR count). The summed E-state index contributed by atoms with van der Waals surface area (Å²) in [6, 6.07) is 13.7. The van der Waals surface area contributed by atoms with Crippen molar-refractivity contribution in [1.29, 1.82) is 0 Å². The molecular formula is C21H19NO5. The van der Waals surface area contributed by atoms with Crippen molar-refractivity contribution in [2.75, 3.05) is 5.32 Å². The first kappa shape index (κ1) is 18.4. The SMILES string of the molecule is CC(=O)Nc1ccc(C(=O)[C@H](C)OC(=O)c2oc3ccccc3c2C)cc1. The van der Waals surface area contributed by atoms with E-state index in [1.807, 2.05) is 18.2 Å². The molecule has 1 atom stereocenters. The number of furan rings is 1. The largest absolute Gasteiger partial charge is 0.449 e. The summed E-state index contributed by atoms with van der Waals surface area (Å²) in [6.45, 7) is 4.69. The predicted octanol–water partition coefficient (Wildman–Crippen LogP) is 4.13. The molecular weight excluding hydrogens is 346 g/mol. The molecule has 0 fully saturated rings. The first-order valence-electron chi connectivity index (χ1n) is 8.48. The van der Waals surface area contributed by atoms with Crippen LogP contribution in [0.3, 0.4) is 0 Å². The van der Waals surface area contributed by atoms with E-state index in [2.05, 4.69) is 5.32 Å². The summed E-state index contributed by atoms with van der Waals surface area (Å²) >= 11 is 0. The van der Waals surface area contributed by atoms with Crippen molar-refractivity contribution in [3.63, 3.8) is 0 Å². The second-order valence-corrected chi connectivity index (χ2v) is 6.22. The average molecular weight is 365 g/mol. The van der Waals surface area contributed by atoms with Gasteiger partial charge < -0.3 is 14.5 Å². The summed E-state index contributed by atoms with van der Waals surface area (Å²) in [4.78, 5) is 36.0. The van der Waals surface area contributed by atoms with Crippen LogP contribution < -0.4 is 5.32 Å². The number of hydrogen-bond acceptors (Lipinski definition) is 5. The number of Topliss-reactive ketones (excluding diaryl/α,β-unsaturated/α-hetero) is 1. The molecule has 2 aromatic carbocycles. The Morgan fingerprint density at radius 1 is 1.04 bits per heavy atom. The van der Waals surface area contributed by atoms with Crippen molar-refractivity contribution in [3.05, 3.63) is 65.4 Å². The lowest BCUT2D eigenvalue weighted by Gasteiger charge is -2.12. The van der Waals surface area contributed by atoms with Crippen LogP contribution in [0.15, 0.2) is 52.9 Å². The number of ether oxygens (including phenoxy) is 1. The molecule has 0 bridgehead atoms. The zero-order chi connectivity index (χ0) is 19.6. The number of nitrogens with one attached hydrogen (secondary N) is 1. The van der Waals surface area contributed by atoms with Crippen molar-refractivity contribution >= 4 is 34.3 Å². The van der Waals surface area contributed by atoms with Gasteiger partial charge in [-0.05, 0) is 44.2 Å². The van der Waals surface area contributed by atoms with Crippen molar-refractivity contribution in [2.24, 2.45) is 0 Å². The lowest BCUT2D eigenvalue weighted by Crippen LogP contribution is -2.24. The van der Waals surface area contributed by atoms with Crippen LogP contribution in [0.2, 0.25) is 0 Å².